The van der Waals surface area contributed by atoms with Crippen molar-refractivity contribution in [3.8, 4) is 16.9 Å². The van der Waals surface area contributed by atoms with E-state index in [1.165, 1.54) is 16.7 Å². The van der Waals surface area contributed by atoms with Gasteiger partial charge in [-0.05, 0) is 66.8 Å². The van der Waals surface area contributed by atoms with Gasteiger partial charge in [0.05, 0.1) is 22.3 Å². The molecule has 2 heterocycles. The number of carbonyl (C=O) groups is 1. The molecule has 0 aliphatic rings. The summed E-state index contributed by atoms with van der Waals surface area (Å²) in [6.07, 6.45) is 1.84. The van der Waals surface area contributed by atoms with Crippen molar-refractivity contribution >= 4 is 29.0 Å². The van der Waals surface area contributed by atoms with E-state index in [-0.39, 0.29) is 28.6 Å². The molecule has 3 aromatic carbocycles. The van der Waals surface area contributed by atoms with Crippen LogP contribution in [-0.2, 0) is 13.6 Å². The zero-order valence-electron chi connectivity index (χ0n) is 18.7. The number of hydrogen-bond acceptors (Lipinski definition) is 4. The Morgan fingerprint density at radius 3 is 2.57 bits per heavy atom. The Balaban J connectivity index is 1.45. The van der Waals surface area contributed by atoms with Gasteiger partial charge < -0.3 is 10.3 Å². The maximum absolute atomic E-state index is 13.5. The lowest BCUT2D eigenvalue weighted by Gasteiger charge is -2.08. The van der Waals surface area contributed by atoms with Crippen LogP contribution >= 0.6 is 12.2 Å². The summed E-state index contributed by atoms with van der Waals surface area (Å²) < 4.78 is 16.8. The fourth-order valence-electron chi connectivity index (χ4n) is 3.83. The average Bonchev–Trinajstić information content (AvgIpc) is 3.31. The quantitative estimate of drug-likeness (QED) is 0.359. The molecule has 9 heteroatoms. The lowest BCUT2D eigenvalue weighted by molar-refractivity contribution is 0.0951. The predicted molar refractivity (Wildman–Crippen MR) is 135 cm³/mol. The molecule has 0 radical (unpaired) electrons. The summed E-state index contributed by atoms with van der Waals surface area (Å²) in [5.74, 6) is -0.652. The molecule has 0 atom stereocenters. The van der Waals surface area contributed by atoms with Gasteiger partial charge in [0.1, 0.15) is 5.82 Å². The molecule has 0 aliphatic heterocycles. The molecule has 2 aromatic heterocycles. The third-order valence-electron chi connectivity index (χ3n) is 5.73. The van der Waals surface area contributed by atoms with E-state index in [4.69, 9.17) is 12.2 Å². The third kappa shape index (κ3) is 4.41. The van der Waals surface area contributed by atoms with Crippen molar-refractivity contribution in [1.82, 2.24) is 24.6 Å². The third-order valence-corrected chi connectivity index (χ3v) is 6.11. The van der Waals surface area contributed by atoms with Crippen LogP contribution in [0.2, 0.25) is 0 Å². The first-order chi connectivity index (χ1) is 16.9. The van der Waals surface area contributed by atoms with Gasteiger partial charge in [0, 0.05) is 36.5 Å². The minimum absolute atomic E-state index is 0.197. The van der Waals surface area contributed by atoms with E-state index in [1.54, 1.807) is 42.1 Å². The van der Waals surface area contributed by atoms with Gasteiger partial charge in [0.2, 0.25) is 0 Å². The van der Waals surface area contributed by atoms with Gasteiger partial charge in [-0.25, -0.2) is 9.07 Å². The second-order valence-corrected chi connectivity index (χ2v) is 8.41. The van der Waals surface area contributed by atoms with Crippen molar-refractivity contribution in [3.63, 3.8) is 0 Å². The zero-order valence-corrected chi connectivity index (χ0v) is 19.5. The molecule has 1 amide bonds. The van der Waals surface area contributed by atoms with Crippen molar-refractivity contribution in [3.05, 3.63) is 111 Å². The maximum Gasteiger partial charge on any atom is 0.261 e. The monoisotopic (exact) mass is 485 g/mol. The largest absolute Gasteiger partial charge is 0.348 e. The lowest BCUT2D eigenvalue weighted by Crippen LogP contribution is -2.23. The number of aromatic amines is 1. The normalized spacial score (nSPS) is 11.0. The molecular formula is C26H20FN5O2S. The minimum atomic E-state index is -0.337. The highest BCUT2D eigenvalue weighted by Crippen LogP contribution is 2.24. The van der Waals surface area contributed by atoms with Crippen molar-refractivity contribution in [2.24, 2.45) is 7.05 Å². The van der Waals surface area contributed by atoms with Crippen molar-refractivity contribution < 1.29 is 9.18 Å². The van der Waals surface area contributed by atoms with Crippen LogP contribution in [0.4, 0.5) is 4.39 Å². The van der Waals surface area contributed by atoms with E-state index in [0.717, 1.165) is 16.8 Å². The van der Waals surface area contributed by atoms with E-state index in [9.17, 15) is 14.0 Å². The summed E-state index contributed by atoms with van der Waals surface area (Å²) in [7, 11) is 1.59. The van der Waals surface area contributed by atoms with Gasteiger partial charge >= 0.3 is 0 Å². The zero-order chi connectivity index (χ0) is 24.5. The van der Waals surface area contributed by atoms with E-state index in [1.807, 2.05) is 36.5 Å². The molecule has 0 unspecified atom stereocenters. The highest BCUT2D eigenvalue weighted by molar-refractivity contribution is 7.71. The number of carbonyl (C=O) groups excluding carboxylic acids is 1. The van der Waals surface area contributed by atoms with Gasteiger partial charge in [0.25, 0.3) is 11.5 Å². The van der Waals surface area contributed by atoms with Crippen LogP contribution in [0.25, 0.3) is 27.8 Å². The first kappa shape index (κ1) is 22.4. The number of rotatable bonds is 5. The summed E-state index contributed by atoms with van der Waals surface area (Å²) in [5, 5.41) is 8.05. The fraction of sp³-hybridized carbons (Fsp3) is 0.0769. The van der Waals surface area contributed by atoms with Gasteiger partial charge in [-0.3, -0.25) is 14.2 Å². The molecule has 0 spiro atoms. The van der Waals surface area contributed by atoms with Crippen LogP contribution in [0.3, 0.4) is 0 Å². The summed E-state index contributed by atoms with van der Waals surface area (Å²) in [5.41, 5.74) is 3.65. The number of para-hydroxylation sites is 1. The summed E-state index contributed by atoms with van der Waals surface area (Å²) >= 11 is 5.18. The molecule has 5 rings (SSSR count). The highest BCUT2D eigenvalue weighted by Gasteiger charge is 2.15. The van der Waals surface area contributed by atoms with E-state index >= 15 is 0 Å². The average molecular weight is 486 g/mol. The van der Waals surface area contributed by atoms with Crippen LogP contribution in [0, 0.1) is 10.6 Å². The van der Waals surface area contributed by atoms with Crippen LogP contribution in [0.1, 0.15) is 15.9 Å². The highest BCUT2D eigenvalue weighted by atomic mass is 32.1. The molecule has 2 N–H and O–H groups in total. The van der Waals surface area contributed by atoms with Crippen LogP contribution in [0.15, 0.2) is 83.8 Å². The Morgan fingerprint density at radius 2 is 1.83 bits per heavy atom. The summed E-state index contributed by atoms with van der Waals surface area (Å²) in [6.45, 7) is 0.197. The number of amides is 1. The number of nitrogens with one attached hydrogen (secondary N) is 2. The Bertz CT molecular complexity index is 1670. The molecule has 0 saturated heterocycles. The van der Waals surface area contributed by atoms with Gasteiger partial charge in [-0.1, -0.05) is 18.2 Å². The Hall–Kier alpha value is -4.37. The Morgan fingerprint density at radius 1 is 1.09 bits per heavy atom. The summed E-state index contributed by atoms with van der Waals surface area (Å²) in [6, 6.07) is 20.5. The first-order valence-electron chi connectivity index (χ1n) is 10.8. The molecule has 7 nitrogen and oxygen atoms in total. The smallest absolute Gasteiger partial charge is 0.261 e. The molecule has 5 aromatic rings. The molecular weight excluding hydrogens is 465 g/mol. The lowest BCUT2D eigenvalue weighted by atomic mass is 10.1. The molecule has 174 valence electrons. The van der Waals surface area contributed by atoms with Gasteiger partial charge in [-0.2, -0.15) is 5.10 Å². The first-order valence-corrected chi connectivity index (χ1v) is 11.2. The standard InChI is InChI=1S/C26H20FN5O2S/c1-31-25(34)21-12-9-17(13-22(21)29-26(31)35)24(33)28-14-18-15-32(20-5-3-2-4-6-20)30-23(18)16-7-10-19(27)11-8-16/h2-13,15H,14H2,1H3,(H,28,33)(H,29,35). The van der Waals surface area contributed by atoms with E-state index < -0.39 is 0 Å². The Kier molecular flexibility index (Phi) is 5.84. The minimum Gasteiger partial charge on any atom is -0.348 e. The van der Waals surface area contributed by atoms with Crippen LogP contribution in [-0.4, -0.2) is 25.2 Å². The number of halogens is 1. The van der Waals surface area contributed by atoms with Crippen LogP contribution in [0.5, 0.6) is 0 Å². The maximum atomic E-state index is 13.5. The number of nitrogens with zero attached hydrogens (tertiary/aromatic N) is 3. The van der Waals surface area contributed by atoms with E-state index in [2.05, 4.69) is 15.4 Å². The molecule has 0 bridgehead atoms. The number of benzene rings is 3. The van der Waals surface area contributed by atoms with Crippen LogP contribution < -0.4 is 10.9 Å². The predicted octanol–water partition coefficient (Wildman–Crippen LogP) is 4.52. The van der Waals surface area contributed by atoms with E-state index in [0.29, 0.717) is 22.2 Å². The fourth-order valence-corrected chi connectivity index (χ4v) is 4.02. The molecule has 0 fully saturated rings. The second kappa shape index (κ2) is 9.11. The second-order valence-electron chi connectivity index (χ2n) is 8.03. The Labute approximate surface area is 204 Å². The number of H-pyrrole nitrogens is 1. The SMILES string of the molecule is Cn1c(=S)[nH]c2cc(C(=O)NCc3cn(-c4ccccc4)nc3-c3ccc(F)cc3)ccc2c1=O. The number of fused-ring (bicyclic) bond motifs is 1. The summed E-state index contributed by atoms with van der Waals surface area (Å²) in [4.78, 5) is 28.3. The molecule has 35 heavy (non-hydrogen) atoms. The molecule has 0 saturated carbocycles. The van der Waals surface area contributed by atoms with Gasteiger partial charge in [-0.15, -0.1) is 0 Å². The van der Waals surface area contributed by atoms with Crippen molar-refractivity contribution in [2.45, 2.75) is 6.54 Å². The van der Waals surface area contributed by atoms with Crippen molar-refractivity contribution in [2.75, 3.05) is 0 Å². The topological polar surface area (TPSA) is 84.7 Å². The van der Waals surface area contributed by atoms with Crippen molar-refractivity contribution in [1.29, 1.82) is 0 Å². The number of aromatic nitrogens is 4. The number of hydrogen-bond donors (Lipinski definition) is 2. The van der Waals surface area contributed by atoms with Gasteiger partial charge in [0.15, 0.2) is 4.77 Å². The molecule has 0 aliphatic carbocycles.